The predicted molar refractivity (Wildman–Crippen MR) is 125 cm³/mol. The lowest BCUT2D eigenvalue weighted by molar-refractivity contribution is -0.130. The number of amides is 1. The molecule has 1 saturated carbocycles. The molecule has 0 N–H and O–H groups in total. The second-order valence-electron chi connectivity index (χ2n) is 9.30. The summed E-state index contributed by atoms with van der Waals surface area (Å²) in [6, 6.07) is 7.74. The average Bonchev–Trinajstić information content (AvgIpc) is 3.38. The maximum Gasteiger partial charge on any atom is 0.327 e. The molecule has 0 radical (unpaired) electrons. The summed E-state index contributed by atoms with van der Waals surface area (Å²) in [7, 11) is -2.73. The Balaban J connectivity index is 1.39. The van der Waals surface area contributed by atoms with E-state index in [4.69, 9.17) is 0 Å². The molecule has 188 valence electrons. The lowest BCUT2D eigenvalue weighted by Gasteiger charge is -2.34. The highest BCUT2D eigenvalue weighted by atomic mass is 32.2. The maximum atomic E-state index is 14.8. The summed E-state index contributed by atoms with van der Waals surface area (Å²) < 4.78 is 69.3. The molecule has 0 spiro atoms. The van der Waals surface area contributed by atoms with Crippen LogP contribution in [-0.2, 0) is 21.5 Å². The number of hydrogen-bond acceptors (Lipinski definition) is 5. The number of fused-ring (bicyclic) bond motifs is 1. The van der Waals surface area contributed by atoms with Crippen molar-refractivity contribution in [3.8, 4) is 11.3 Å². The summed E-state index contributed by atoms with van der Waals surface area (Å²) in [6.45, 7) is 4.49. The Labute approximate surface area is 202 Å². The molecular formula is C23H26F3N5O3S. The largest absolute Gasteiger partial charge is 0.340 e. The molecule has 8 nitrogen and oxygen atoms in total. The molecule has 1 amide bonds. The van der Waals surface area contributed by atoms with E-state index in [0.717, 1.165) is 14.2 Å². The summed E-state index contributed by atoms with van der Waals surface area (Å²) in [5, 5.41) is 0. The van der Waals surface area contributed by atoms with E-state index in [0.29, 0.717) is 32.7 Å². The van der Waals surface area contributed by atoms with Crippen molar-refractivity contribution in [2.75, 3.05) is 48.4 Å². The van der Waals surface area contributed by atoms with Crippen LogP contribution in [0.2, 0.25) is 0 Å². The summed E-state index contributed by atoms with van der Waals surface area (Å²) in [5.41, 5.74) is 1.55. The van der Waals surface area contributed by atoms with Gasteiger partial charge < -0.3 is 4.90 Å². The maximum absolute atomic E-state index is 14.8. The molecule has 5 rings (SSSR count). The Morgan fingerprint density at radius 3 is 2.46 bits per heavy atom. The van der Waals surface area contributed by atoms with Crippen LogP contribution >= 0.6 is 0 Å². The fourth-order valence-corrected chi connectivity index (χ4v) is 6.01. The second kappa shape index (κ2) is 8.37. The van der Waals surface area contributed by atoms with Gasteiger partial charge in [-0.3, -0.25) is 9.69 Å². The van der Waals surface area contributed by atoms with E-state index in [2.05, 4.69) is 9.88 Å². The molecule has 1 aromatic carbocycles. The van der Waals surface area contributed by atoms with Crippen molar-refractivity contribution in [3.05, 3.63) is 41.7 Å². The first kappa shape index (κ1) is 23.9. The first-order valence-electron chi connectivity index (χ1n) is 11.4. The first-order chi connectivity index (χ1) is 16.5. The lowest BCUT2D eigenvalue weighted by Crippen LogP contribution is -2.47. The topological polar surface area (TPSA) is 77.1 Å². The fraction of sp³-hybridized carbons (Fsp3) is 0.478. The van der Waals surface area contributed by atoms with Gasteiger partial charge in [0, 0.05) is 71.1 Å². The van der Waals surface area contributed by atoms with E-state index in [-0.39, 0.29) is 41.6 Å². The minimum absolute atomic E-state index is 0.0489. The van der Waals surface area contributed by atoms with Crippen LogP contribution in [0.15, 0.2) is 30.3 Å². The minimum atomic E-state index is -4.03. The second-order valence-corrected chi connectivity index (χ2v) is 11.2. The number of pyridine rings is 1. The lowest BCUT2D eigenvalue weighted by atomic mass is 10.1. The van der Waals surface area contributed by atoms with Crippen LogP contribution in [0.3, 0.4) is 0 Å². The number of rotatable bonds is 5. The Kier molecular flexibility index (Phi) is 5.71. The first-order valence-corrected chi connectivity index (χ1v) is 12.8. The Morgan fingerprint density at radius 2 is 1.83 bits per heavy atom. The van der Waals surface area contributed by atoms with E-state index < -0.39 is 27.9 Å². The van der Waals surface area contributed by atoms with Crippen LogP contribution in [-0.4, -0.2) is 74.8 Å². The van der Waals surface area contributed by atoms with Crippen LogP contribution in [0.1, 0.15) is 18.9 Å². The van der Waals surface area contributed by atoms with Crippen molar-refractivity contribution in [1.82, 2.24) is 14.8 Å². The zero-order chi connectivity index (χ0) is 25.1. The van der Waals surface area contributed by atoms with Crippen molar-refractivity contribution in [2.24, 2.45) is 5.92 Å². The monoisotopic (exact) mass is 509 g/mol. The average molecular weight is 510 g/mol. The number of nitrogens with zero attached hydrogens (tertiary/aromatic N) is 5. The van der Waals surface area contributed by atoms with Gasteiger partial charge in [-0.15, -0.1) is 0 Å². The number of hydrogen-bond donors (Lipinski definition) is 0. The Hall–Kier alpha value is -2.86. The quantitative estimate of drug-likeness (QED) is 0.620. The highest BCUT2D eigenvalue weighted by Crippen LogP contribution is 2.51. The van der Waals surface area contributed by atoms with Gasteiger partial charge in [0.05, 0.1) is 11.4 Å². The molecule has 3 aliphatic rings. The standard InChI is InChI=1S/C23H26F3N5O3S/c1-15(32)30-9-7-29(8-10-30)13-16-3-4-19(24)18(11-16)20-5-6-21-22(27-20)28(2)35(33,34)31(21)14-17-12-23(17,25)26/h3-6,11,17H,7-10,12-14H2,1-2H3. The number of aromatic nitrogens is 1. The van der Waals surface area contributed by atoms with Crippen molar-refractivity contribution in [2.45, 2.75) is 25.8 Å². The molecule has 2 fully saturated rings. The number of carbonyl (C=O) groups excluding carboxylic acids is 1. The van der Waals surface area contributed by atoms with Gasteiger partial charge in [0.1, 0.15) is 5.82 Å². The third-order valence-corrected chi connectivity index (χ3v) is 8.69. The zero-order valence-electron chi connectivity index (χ0n) is 19.4. The van der Waals surface area contributed by atoms with Gasteiger partial charge >= 0.3 is 10.2 Å². The minimum Gasteiger partial charge on any atom is -0.340 e. The van der Waals surface area contributed by atoms with Crippen molar-refractivity contribution >= 4 is 27.6 Å². The van der Waals surface area contributed by atoms with Crippen LogP contribution in [0.4, 0.5) is 24.7 Å². The highest BCUT2D eigenvalue weighted by molar-refractivity contribution is 7.94. The smallest absolute Gasteiger partial charge is 0.327 e. The van der Waals surface area contributed by atoms with Crippen LogP contribution in [0.25, 0.3) is 11.3 Å². The molecule has 2 aliphatic heterocycles. The third-order valence-electron chi connectivity index (χ3n) is 6.92. The van der Waals surface area contributed by atoms with Crippen LogP contribution in [0, 0.1) is 11.7 Å². The molecule has 3 heterocycles. The Bertz CT molecular complexity index is 1280. The number of alkyl halides is 2. The van der Waals surface area contributed by atoms with Gasteiger partial charge in [-0.25, -0.2) is 26.8 Å². The molecule has 35 heavy (non-hydrogen) atoms. The van der Waals surface area contributed by atoms with Gasteiger partial charge in [-0.1, -0.05) is 6.07 Å². The zero-order valence-corrected chi connectivity index (χ0v) is 20.2. The molecular weight excluding hydrogens is 483 g/mol. The molecule has 1 unspecified atom stereocenters. The van der Waals surface area contributed by atoms with E-state index in [1.54, 1.807) is 24.0 Å². The molecule has 1 aliphatic carbocycles. The van der Waals surface area contributed by atoms with Gasteiger partial charge in [0.2, 0.25) is 5.91 Å². The summed E-state index contributed by atoms with van der Waals surface area (Å²) >= 11 is 0. The summed E-state index contributed by atoms with van der Waals surface area (Å²) in [4.78, 5) is 19.9. The number of piperazine rings is 1. The molecule has 1 aromatic heterocycles. The van der Waals surface area contributed by atoms with Crippen molar-refractivity contribution < 1.29 is 26.4 Å². The molecule has 0 bridgehead atoms. The Morgan fingerprint density at radius 1 is 1.14 bits per heavy atom. The molecule has 1 atom stereocenters. The number of benzene rings is 1. The predicted octanol–water partition coefficient (Wildman–Crippen LogP) is 2.71. The third kappa shape index (κ3) is 4.33. The number of carbonyl (C=O) groups is 1. The van der Waals surface area contributed by atoms with Crippen LogP contribution < -0.4 is 8.61 Å². The van der Waals surface area contributed by atoms with Gasteiger partial charge in [0.25, 0.3) is 5.92 Å². The molecule has 1 saturated heterocycles. The number of halogens is 3. The summed E-state index contributed by atoms with van der Waals surface area (Å²) in [6.07, 6.45) is -0.342. The molecule has 2 aromatic rings. The van der Waals surface area contributed by atoms with Crippen molar-refractivity contribution in [1.29, 1.82) is 0 Å². The van der Waals surface area contributed by atoms with Gasteiger partial charge in [-0.05, 0) is 29.8 Å². The van der Waals surface area contributed by atoms with Gasteiger partial charge in [-0.2, -0.15) is 8.42 Å². The number of anilines is 2. The van der Waals surface area contributed by atoms with Gasteiger partial charge in [0.15, 0.2) is 5.82 Å². The van der Waals surface area contributed by atoms with E-state index in [1.165, 1.54) is 25.2 Å². The summed E-state index contributed by atoms with van der Waals surface area (Å²) in [5.74, 6) is -4.25. The van der Waals surface area contributed by atoms with E-state index in [1.807, 2.05) is 0 Å². The fourth-order valence-electron chi connectivity index (χ4n) is 4.61. The highest BCUT2D eigenvalue weighted by Gasteiger charge is 2.59. The van der Waals surface area contributed by atoms with Crippen molar-refractivity contribution in [3.63, 3.8) is 0 Å². The van der Waals surface area contributed by atoms with Crippen LogP contribution in [0.5, 0.6) is 0 Å². The SMILES string of the molecule is CC(=O)N1CCN(Cc2ccc(F)c(-c3ccc4c(n3)N(C)S(=O)(=O)N4CC3CC3(F)F)c2)CC1. The van der Waals surface area contributed by atoms with E-state index in [9.17, 15) is 26.4 Å². The van der Waals surface area contributed by atoms with E-state index >= 15 is 0 Å². The normalized spacial score (nSPS) is 22.9. The molecule has 12 heteroatoms.